The normalized spacial score (nSPS) is 14.1. The molecule has 12 heteroatoms. The average Bonchev–Trinajstić information content (AvgIpc) is 3.44. The Balaban J connectivity index is 1.14. The van der Waals surface area contributed by atoms with E-state index in [4.69, 9.17) is 9.15 Å². The Morgan fingerprint density at radius 3 is 2.94 bits per heavy atom. The number of fused-ring (bicyclic) bond motifs is 1. The maximum absolute atomic E-state index is 12.8. The third kappa shape index (κ3) is 3.39. The lowest BCUT2D eigenvalue weighted by atomic mass is 10.1. The van der Waals surface area contributed by atoms with Gasteiger partial charge >= 0.3 is 5.76 Å². The van der Waals surface area contributed by atoms with Crippen molar-refractivity contribution >= 4 is 28.6 Å². The average molecular weight is 461 g/mol. The highest BCUT2D eigenvalue weighted by atomic mass is 16.5. The van der Waals surface area contributed by atoms with E-state index in [0.29, 0.717) is 37.5 Å². The monoisotopic (exact) mass is 461 g/mol. The number of hydrogen-bond donors (Lipinski definition) is 2. The second-order valence-electron chi connectivity index (χ2n) is 8.01. The Bertz CT molecular complexity index is 1570. The number of nitrogens with zero attached hydrogens (tertiary/aromatic N) is 5. The number of pyridine rings is 1. The minimum Gasteiger partial charge on any atom is -0.480 e. The number of aryl methyl sites for hydroxylation is 3. The predicted molar refractivity (Wildman–Crippen MR) is 121 cm³/mol. The van der Waals surface area contributed by atoms with E-state index >= 15 is 0 Å². The fraction of sp³-hybridized carbons (Fsp3) is 0.273. The Kier molecular flexibility index (Phi) is 4.64. The van der Waals surface area contributed by atoms with Gasteiger partial charge in [0.05, 0.1) is 11.0 Å². The van der Waals surface area contributed by atoms with Crippen LogP contribution in [-0.2, 0) is 24.2 Å². The zero-order valence-corrected chi connectivity index (χ0v) is 17.9. The fourth-order valence-corrected chi connectivity index (χ4v) is 4.22. The number of hydrogen-bond acceptors (Lipinski definition) is 9. The first-order valence-corrected chi connectivity index (χ1v) is 10.9. The quantitative estimate of drug-likeness (QED) is 0.399. The van der Waals surface area contributed by atoms with Crippen LogP contribution in [0, 0.1) is 0 Å². The number of amides is 1. The van der Waals surface area contributed by atoms with Gasteiger partial charge in [0.15, 0.2) is 29.8 Å². The molecule has 12 nitrogen and oxygen atoms in total. The Hall–Kier alpha value is -4.48. The van der Waals surface area contributed by atoms with Crippen LogP contribution < -0.4 is 26.7 Å². The van der Waals surface area contributed by atoms with E-state index < -0.39 is 5.76 Å². The van der Waals surface area contributed by atoms with Crippen LogP contribution in [0.3, 0.4) is 0 Å². The number of ether oxygens (including phenoxy) is 1. The molecule has 6 rings (SSSR count). The van der Waals surface area contributed by atoms with E-state index in [1.165, 1.54) is 0 Å². The third-order valence-electron chi connectivity index (χ3n) is 5.78. The van der Waals surface area contributed by atoms with Gasteiger partial charge in [-0.15, -0.1) is 9.78 Å². The van der Waals surface area contributed by atoms with Gasteiger partial charge in [-0.05, 0) is 36.6 Å². The summed E-state index contributed by atoms with van der Waals surface area (Å²) in [5, 5.41) is 9.89. The Morgan fingerprint density at radius 1 is 1.12 bits per heavy atom. The summed E-state index contributed by atoms with van der Waals surface area (Å²) in [4.78, 5) is 45.3. The summed E-state index contributed by atoms with van der Waals surface area (Å²) in [5.41, 5.74) is 2.71. The summed E-state index contributed by atoms with van der Waals surface area (Å²) in [6.45, 7) is 1.02. The molecule has 0 unspecified atom stereocenters. The fourth-order valence-electron chi connectivity index (χ4n) is 4.22. The summed E-state index contributed by atoms with van der Waals surface area (Å²) in [6, 6.07) is 9.03. The molecular formula is C22H19N7O5. The van der Waals surface area contributed by atoms with Crippen molar-refractivity contribution in [1.29, 1.82) is 0 Å². The summed E-state index contributed by atoms with van der Waals surface area (Å²) in [5.74, 6) is 0.366. The first-order chi connectivity index (χ1) is 16.6. The first-order valence-electron chi connectivity index (χ1n) is 10.9. The summed E-state index contributed by atoms with van der Waals surface area (Å²) >= 11 is 0. The van der Waals surface area contributed by atoms with Gasteiger partial charge in [-0.1, -0.05) is 12.1 Å². The van der Waals surface area contributed by atoms with Crippen LogP contribution in [0.5, 0.6) is 5.75 Å². The van der Waals surface area contributed by atoms with Crippen molar-refractivity contribution in [3.63, 3.8) is 0 Å². The molecule has 2 aliphatic heterocycles. The van der Waals surface area contributed by atoms with Crippen LogP contribution in [0.4, 0.5) is 11.6 Å². The molecule has 2 N–H and O–H groups in total. The van der Waals surface area contributed by atoms with E-state index in [0.717, 1.165) is 27.7 Å². The molecule has 0 fully saturated rings. The molecule has 172 valence electrons. The van der Waals surface area contributed by atoms with Gasteiger partial charge in [-0.25, -0.2) is 14.8 Å². The lowest BCUT2D eigenvalue weighted by molar-refractivity contribution is -0.118. The molecule has 5 heterocycles. The molecule has 3 aromatic heterocycles. The molecule has 0 spiro atoms. The molecule has 34 heavy (non-hydrogen) atoms. The third-order valence-corrected chi connectivity index (χ3v) is 5.78. The Labute approximate surface area is 191 Å². The smallest absolute Gasteiger partial charge is 0.443 e. The molecule has 2 aliphatic rings. The van der Waals surface area contributed by atoms with Crippen LogP contribution in [0.2, 0.25) is 0 Å². The molecule has 0 saturated carbocycles. The van der Waals surface area contributed by atoms with Crippen molar-refractivity contribution in [2.24, 2.45) is 0 Å². The molecule has 1 aromatic carbocycles. The molecule has 0 bridgehead atoms. The van der Waals surface area contributed by atoms with Crippen LogP contribution in [0.15, 0.2) is 44.3 Å². The number of benzene rings is 1. The summed E-state index contributed by atoms with van der Waals surface area (Å²) < 4.78 is 13.3. The van der Waals surface area contributed by atoms with Gasteiger partial charge in [0, 0.05) is 19.5 Å². The second kappa shape index (κ2) is 7.83. The number of rotatable bonds is 6. The maximum atomic E-state index is 12.8. The minimum atomic E-state index is -0.688. The molecule has 0 radical (unpaired) electrons. The van der Waals surface area contributed by atoms with Crippen molar-refractivity contribution < 1.29 is 13.9 Å². The number of carbonyl (C=O) groups is 1. The van der Waals surface area contributed by atoms with Crippen molar-refractivity contribution in [1.82, 2.24) is 24.3 Å². The van der Waals surface area contributed by atoms with Gasteiger partial charge in [-0.2, -0.15) is 0 Å². The van der Waals surface area contributed by atoms with Gasteiger partial charge < -0.3 is 24.4 Å². The highest BCUT2D eigenvalue weighted by Gasteiger charge is 2.20. The van der Waals surface area contributed by atoms with E-state index in [2.05, 4.69) is 25.7 Å². The number of para-hydroxylation sites is 1. The zero-order chi connectivity index (χ0) is 23.2. The minimum absolute atomic E-state index is 0.0836. The van der Waals surface area contributed by atoms with E-state index in [9.17, 15) is 14.4 Å². The molecule has 0 aliphatic carbocycles. The van der Waals surface area contributed by atoms with Crippen LogP contribution in [-0.4, -0.2) is 43.4 Å². The van der Waals surface area contributed by atoms with Gasteiger partial charge in [0.1, 0.15) is 0 Å². The van der Waals surface area contributed by atoms with Crippen LogP contribution >= 0.6 is 0 Å². The second-order valence-corrected chi connectivity index (χ2v) is 8.01. The molecule has 0 atom stereocenters. The highest BCUT2D eigenvalue weighted by Crippen LogP contribution is 2.26. The number of aromatic nitrogens is 5. The van der Waals surface area contributed by atoms with Crippen LogP contribution in [0.25, 0.3) is 16.9 Å². The van der Waals surface area contributed by atoms with E-state index in [1.807, 2.05) is 18.2 Å². The van der Waals surface area contributed by atoms with Crippen molar-refractivity contribution in [3.8, 4) is 11.6 Å². The van der Waals surface area contributed by atoms with Crippen molar-refractivity contribution in [2.45, 2.75) is 25.8 Å². The standard InChI is InChI=1S/C22H19N7O5/c30-16-11-33-14-6-7-15(25-19(14)26-16)29-22(32)34-17(27-29)5-2-9-23-20-21(31)28-10-8-12-3-1-4-13(24-20)18(12)28/h1,3-4,6-7H,2,5,8-11H2,(H,23,24)(H,25,26,30). The summed E-state index contributed by atoms with van der Waals surface area (Å²) in [6.07, 6.45) is 1.75. The Morgan fingerprint density at radius 2 is 2.03 bits per heavy atom. The zero-order valence-electron chi connectivity index (χ0n) is 17.9. The lowest BCUT2D eigenvalue weighted by Gasteiger charge is -2.16. The number of nitrogens with one attached hydrogen (secondary N) is 2. The lowest BCUT2D eigenvalue weighted by Crippen LogP contribution is -2.27. The highest BCUT2D eigenvalue weighted by molar-refractivity contribution is 5.94. The topological polar surface area (TPSA) is 146 Å². The molecule has 0 saturated heterocycles. The van der Waals surface area contributed by atoms with Crippen molar-refractivity contribution in [3.05, 3.63) is 62.7 Å². The summed E-state index contributed by atoms with van der Waals surface area (Å²) in [7, 11) is 0. The van der Waals surface area contributed by atoms with Crippen molar-refractivity contribution in [2.75, 3.05) is 23.8 Å². The van der Waals surface area contributed by atoms with Gasteiger partial charge in [0.25, 0.3) is 11.5 Å². The van der Waals surface area contributed by atoms with E-state index in [1.54, 1.807) is 16.7 Å². The largest absolute Gasteiger partial charge is 0.480 e. The van der Waals surface area contributed by atoms with Gasteiger partial charge in [0.2, 0.25) is 5.89 Å². The molecule has 1 amide bonds. The first kappa shape index (κ1) is 20.1. The van der Waals surface area contributed by atoms with Gasteiger partial charge in [-0.3, -0.25) is 9.59 Å². The predicted octanol–water partition coefficient (Wildman–Crippen LogP) is 0.862. The number of anilines is 2. The van der Waals surface area contributed by atoms with E-state index in [-0.39, 0.29) is 35.6 Å². The molecule has 4 aromatic rings. The van der Waals surface area contributed by atoms with Crippen LogP contribution in [0.1, 0.15) is 17.9 Å². The number of carbonyl (C=O) groups excluding carboxylic acids is 1. The maximum Gasteiger partial charge on any atom is 0.443 e. The SMILES string of the molecule is O=C1COc2ccc(-n3nc(CCCNc4nc5cccc6c5n(c4=O)CC6)oc3=O)nc2N1. The molecular weight excluding hydrogens is 442 g/mol.